The molecule has 0 atom stereocenters. The lowest BCUT2D eigenvalue weighted by molar-refractivity contribution is -0.121. The van der Waals surface area contributed by atoms with Gasteiger partial charge in [0.1, 0.15) is 0 Å². The molecule has 1 aromatic carbocycles. The van der Waals surface area contributed by atoms with Crippen LogP contribution in [0.5, 0.6) is 0 Å². The Kier molecular flexibility index (Phi) is 4.34. The minimum Gasteiger partial charge on any atom is -0.369 e. The van der Waals surface area contributed by atoms with Crippen molar-refractivity contribution in [3.63, 3.8) is 0 Å². The summed E-state index contributed by atoms with van der Waals surface area (Å²) in [4.78, 5) is 38.6. The van der Waals surface area contributed by atoms with E-state index in [-0.39, 0.29) is 25.4 Å². The van der Waals surface area contributed by atoms with E-state index in [4.69, 9.17) is 11.5 Å². The summed E-state index contributed by atoms with van der Waals surface area (Å²) in [5.74, 6) is -1.46. The molecule has 110 valence electrons. The zero-order chi connectivity index (χ0) is 15.4. The lowest BCUT2D eigenvalue weighted by atomic mass is 10.1. The summed E-state index contributed by atoms with van der Waals surface area (Å²) in [7, 11) is 0. The molecule has 0 fully saturated rings. The molecule has 1 heterocycles. The molecule has 0 aliphatic rings. The monoisotopic (exact) mass is 288 g/mol. The highest BCUT2D eigenvalue weighted by atomic mass is 16.2. The normalized spacial score (nSPS) is 10.9. The van der Waals surface area contributed by atoms with E-state index in [1.807, 2.05) is 24.3 Å². The first-order valence-electron chi connectivity index (χ1n) is 6.35. The van der Waals surface area contributed by atoms with Crippen molar-refractivity contribution in [3.05, 3.63) is 36.0 Å². The van der Waals surface area contributed by atoms with Crippen molar-refractivity contribution in [1.29, 1.82) is 0 Å². The first kappa shape index (κ1) is 14.7. The molecule has 0 saturated heterocycles. The molecule has 0 unspecified atom stereocenters. The summed E-state index contributed by atoms with van der Waals surface area (Å²) >= 11 is 0. The fourth-order valence-electron chi connectivity index (χ4n) is 2.20. The molecule has 0 bridgehead atoms. The maximum absolute atomic E-state index is 12.3. The van der Waals surface area contributed by atoms with Gasteiger partial charge in [0, 0.05) is 22.7 Å². The van der Waals surface area contributed by atoms with Gasteiger partial charge in [0.05, 0.1) is 19.6 Å². The number of carbonyl (C=O) groups is 3. The van der Waals surface area contributed by atoms with Gasteiger partial charge in [-0.2, -0.15) is 0 Å². The molecule has 0 saturated carbocycles. The lowest BCUT2D eigenvalue weighted by Crippen LogP contribution is -2.42. The predicted octanol–water partition coefficient (Wildman–Crippen LogP) is -0.377. The molecule has 21 heavy (non-hydrogen) atoms. The number of Topliss-reactive ketones (excluding diaryl/α,β-unsaturated/α-hetero) is 1. The van der Waals surface area contributed by atoms with Gasteiger partial charge < -0.3 is 16.5 Å². The van der Waals surface area contributed by atoms with Crippen LogP contribution in [0.4, 0.5) is 0 Å². The molecule has 7 heteroatoms. The summed E-state index contributed by atoms with van der Waals surface area (Å²) in [5, 5.41) is 0.792. The standard InChI is InChI=1S/C14H16N4O3/c15-13(20)7-18(8-14(16)21)6-12(19)10-5-17-11-4-2-1-3-9(10)11/h1-5,17H,6-8H2,(H2,15,20)(H2,16,21). The maximum atomic E-state index is 12.3. The second kappa shape index (κ2) is 6.19. The number of hydrogen-bond acceptors (Lipinski definition) is 4. The van der Waals surface area contributed by atoms with Crippen molar-refractivity contribution in [1.82, 2.24) is 9.88 Å². The van der Waals surface area contributed by atoms with E-state index in [0.29, 0.717) is 5.56 Å². The molecule has 5 N–H and O–H groups in total. The number of H-pyrrole nitrogens is 1. The van der Waals surface area contributed by atoms with Crippen molar-refractivity contribution in [2.24, 2.45) is 11.5 Å². The number of nitrogens with one attached hydrogen (secondary N) is 1. The average Bonchev–Trinajstić information content (AvgIpc) is 2.80. The third-order valence-electron chi connectivity index (χ3n) is 3.02. The van der Waals surface area contributed by atoms with Crippen LogP contribution in [-0.4, -0.2) is 47.1 Å². The summed E-state index contributed by atoms with van der Waals surface area (Å²) in [6.07, 6.45) is 1.61. The van der Waals surface area contributed by atoms with Gasteiger partial charge in [-0.3, -0.25) is 19.3 Å². The summed E-state index contributed by atoms with van der Waals surface area (Å²) in [5.41, 5.74) is 11.6. The number of amides is 2. The Hall–Kier alpha value is -2.67. The van der Waals surface area contributed by atoms with Gasteiger partial charge in [-0.1, -0.05) is 18.2 Å². The third kappa shape index (κ3) is 3.67. The average molecular weight is 288 g/mol. The van der Waals surface area contributed by atoms with E-state index in [0.717, 1.165) is 10.9 Å². The fraction of sp³-hybridized carbons (Fsp3) is 0.214. The number of rotatable bonds is 7. The Labute approximate surface area is 120 Å². The molecule has 0 aliphatic carbocycles. The summed E-state index contributed by atoms with van der Waals surface area (Å²) in [6, 6.07) is 7.37. The van der Waals surface area contributed by atoms with Crippen LogP contribution in [0, 0.1) is 0 Å². The molecule has 2 amide bonds. The number of primary amides is 2. The molecule has 0 aliphatic heterocycles. The fourth-order valence-corrected chi connectivity index (χ4v) is 2.20. The number of nitrogens with zero attached hydrogens (tertiary/aromatic N) is 1. The highest BCUT2D eigenvalue weighted by Crippen LogP contribution is 2.18. The van der Waals surface area contributed by atoms with Gasteiger partial charge >= 0.3 is 0 Å². The minimum atomic E-state index is -0.622. The van der Waals surface area contributed by atoms with Crippen LogP contribution in [0.3, 0.4) is 0 Å². The minimum absolute atomic E-state index is 0.103. The molecule has 0 spiro atoms. The number of benzene rings is 1. The number of aromatic nitrogens is 1. The first-order chi connectivity index (χ1) is 9.97. The smallest absolute Gasteiger partial charge is 0.231 e. The highest BCUT2D eigenvalue weighted by Gasteiger charge is 2.18. The quantitative estimate of drug-likeness (QED) is 0.601. The molecule has 1 aromatic heterocycles. The van der Waals surface area contributed by atoms with Gasteiger partial charge in [-0.05, 0) is 6.07 Å². The summed E-state index contributed by atoms with van der Waals surface area (Å²) < 4.78 is 0. The Bertz CT molecular complexity index is 676. The van der Waals surface area contributed by atoms with Crippen molar-refractivity contribution in [2.75, 3.05) is 19.6 Å². The SMILES string of the molecule is NC(=O)CN(CC(N)=O)CC(=O)c1c[nH]c2ccccc12. The highest BCUT2D eigenvalue weighted by molar-refractivity contribution is 6.08. The largest absolute Gasteiger partial charge is 0.369 e. The Morgan fingerprint density at radius 1 is 1.00 bits per heavy atom. The number of fused-ring (bicyclic) bond motifs is 1. The molecule has 2 rings (SSSR count). The van der Waals surface area contributed by atoms with Crippen LogP contribution in [0.25, 0.3) is 10.9 Å². The molecular formula is C14H16N4O3. The number of nitrogens with two attached hydrogens (primary N) is 2. The third-order valence-corrected chi connectivity index (χ3v) is 3.02. The van der Waals surface area contributed by atoms with Crippen molar-refractivity contribution >= 4 is 28.5 Å². The van der Waals surface area contributed by atoms with Crippen LogP contribution < -0.4 is 11.5 Å². The molecular weight excluding hydrogens is 272 g/mol. The lowest BCUT2D eigenvalue weighted by Gasteiger charge is -2.17. The Morgan fingerprint density at radius 3 is 2.24 bits per heavy atom. The van der Waals surface area contributed by atoms with E-state index in [1.165, 1.54) is 4.90 Å². The number of para-hydroxylation sites is 1. The number of hydrogen-bond donors (Lipinski definition) is 3. The number of aromatic amines is 1. The van der Waals surface area contributed by atoms with Gasteiger partial charge in [0.25, 0.3) is 0 Å². The van der Waals surface area contributed by atoms with E-state index >= 15 is 0 Å². The zero-order valence-corrected chi connectivity index (χ0v) is 11.3. The van der Waals surface area contributed by atoms with Crippen LogP contribution in [0.15, 0.2) is 30.5 Å². The topological polar surface area (TPSA) is 122 Å². The van der Waals surface area contributed by atoms with E-state index in [1.54, 1.807) is 6.20 Å². The van der Waals surface area contributed by atoms with E-state index in [2.05, 4.69) is 4.98 Å². The molecule has 7 nitrogen and oxygen atoms in total. The zero-order valence-electron chi connectivity index (χ0n) is 11.3. The summed E-state index contributed by atoms with van der Waals surface area (Å²) in [6.45, 7) is -0.498. The van der Waals surface area contributed by atoms with E-state index < -0.39 is 11.8 Å². The van der Waals surface area contributed by atoms with E-state index in [9.17, 15) is 14.4 Å². The van der Waals surface area contributed by atoms with Crippen molar-refractivity contribution < 1.29 is 14.4 Å². The van der Waals surface area contributed by atoms with Crippen LogP contribution in [0.2, 0.25) is 0 Å². The van der Waals surface area contributed by atoms with Crippen LogP contribution in [0.1, 0.15) is 10.4 Å². The van der Waals surface area contributed by atoms with Crippen molar-refractivity contribution in [3.8, 4) is 0 Å². The second-order valence-corrected chi connectivity index (χ2v) is 4.75. The Balaban J connectivity index is 2.18. The number of ketones is 1. The van der Waals surface area contributed by atoms with Crippen LogP contribution >= 0.6 is 0 Å². The van der Waals surface area contributed by atoms with Gasteiger partial charge in [-0.25, -0.2) is 0 Å². The predicted molar refractivity (Wildman–Crippen MR) is 77.5 cm³/mol. The number of carbonyl (C=O) groups excluding carboxylic acids is 3. The first-order valence-corrected chi connectivity index (χ1v) is 6.35. The van der Waals surface area contributed by atoms with Crippen LogP contribution in [-0.2, 0) is 9.59 Å². The Morgan fingerprint density at radius 2 is 1.62 bits per heavy atom. The van der Waals surface area contributed by atoms with Gasteiger partial charge in [0.15, 0.2) is 5.78 Å². The van der Waals surface area contributed by atoms with Crippen molar-refractivity contribution in [2.45, 2.75) is 0 Å². The molecule has 0 radical (unpaired) electrons. The van der Waals surface area contributed by atoms with Gasteiger partial charge in [0.2, 0.25) is 11.8 Å². The second-order valence-electron chi connectivity index (χ2n) is 4.75. The maximum Gasteiger partial charge on any atom is 0.231 e. The van der Waals surface area contributed by atoms with Gasteiger partial charge in [-0.15, -0.1) is 0 Å². The molecule has 2 aromatic rings.